The van der Waals surface area contributed by atoms with Crippen molar-refractivity contribution >= 4 is 5.82 Å². The van der Waals surface area contributed by atoms with Gasteiger partial charge in [-0.3, -0.25) is 4.90 Å². The van der Waals surface area contributed by atoms with E-state index >= 15 is 0 Å². The van der Waals surface area contributed by atoms with E-state index in [2.05, 4.69) is 28.2 Å². The van der Waals surface area contributed by atoms with Gasteiger partial charge in [0.2, 0.25) is 0 Å². The Morgan fingerprint density at radius 3 is 2.95 bits per heavy atom. The van der Waals surface area contributed by atoms with Crippen molar-refractivity contribution in [1.29, 1.82) is 0 Å². The van der Waals surface area contributed by atoms with E-state index in [1.54, 1.807) is 0 Å². The SMILES string of the molecule is CCCNc1ncccc1CN(CCO)C1CCC1. The Hall–Kier alpha value is -1.13. The molecule has 0 amide bonds. The van der Waals surface area contributed by atoms with Crippen molar-refractivity contribution in [3.63, 3.8) is 0 Å². The molecule has 1 saturated carbocycles. The maximum atomic E-state index is 9.22. The minimum atomic E-state index is 0.231. The van der Waals surface area contributed by atoms with Gasteiger partial charge in [-0.2, -0.15) is 0 Å². The van der Waals surface area contributed by atoms with Crippen molar-refractivity contribution in [2.45, 2.75) is 45.2 Å². The molecule has 1 aromatic rings. The van der Waals surface area contributed by atoms with Gasteiger partial charge in [0.05, 0.1) is 6.61 Å². The van der Waals surface area contributed by atoms with Crippen LogP contribution in [0.3, 0.4) is 0 Å². The van der Waals surface area contributed by atoms with Crippen molar-refractivity contribution in [2.24, 2.45) is 0 Å². The van der Waals surface area contributed by atoms with E-state index in [9.17, 15) is 5.11 Å². The summed E-state index contributed by atoms with van der Waals surface area (Å²) in [6.07, 6.45) is 6.77. The third-order valence-electron chi connectivity index (χ3n) is 3.79. The highest BCUT2D eigenvalue weighted by molar-refractivity contribution is 5.43. The first kappa shape index (κ1) is 14.3. The van der Waals surface area contributed by atoms with E-state index in [0.29, 0.717) is 6.04 Å². The highest BCUT2D eigenvalue weighted by Gasteiger charge is 2.25. The Kier molecular flexibility index (Phi) is 5.61. The topological polar surface area (TPSA) is 48.4 Å². The second-order valence-corrected chi connectivity index (χ2v) is 5.22. The molecule has 4 nitrogen and oxygen atoms in total. The number of rotatable bonds is 8. The van der Waals surface area contributed by atoms with Crippen LogP contribution >= 0.6 is 0 Å². The van der Waals surface area contributed by atoms with Crippen molar-refractivity contribution in [3.05, 3.63) is 23.9 Å². The van der Waals surface area contributed by atoms with Crippen molar-refractivity contribution < 1.29 is 5.11 Å². The number of nitrogens with one attached hydrogen (secondary N) is 1. The van der Waals surface area contributed by atoms with E-state index in [-0.39, 0.29) is 6.61 Å². The maximum absolute atomic E-state index is 9.22. The zero-order valence-corrected chi connectivity index (χ0v) is 11.8. The van der Waals surface area contributed by atoms with Crippen LogP contribution in [0.5, 0.6) is 0 Å². The Morgan fingerprint density at radius 1 is 1.47 bits per heavy atom. The second-order valence-electron chi connectivity index (χ2n) is 5.22. The first-order chi connectivity index (χ1) is 9.35. The lowest BCUT2D eigenvalue weighted by atomic mass is 9.91. The molecule has 0 spiro atoms. The van der Waals surface area contributed by atoms with Gasteiger partial charge in [0.15, 0.2) is 0 Å². The monoisotopic (exact) mass is 263 g/mol. The van der Waals surface area contributed by atoms with E-state index in [0.717, 1.165) is 31.9 Å². The third kappa shape index (κ3) is 3.91. The molecule has 0 atom stereocenters. The Morgan fingerprint density at radius 2 is 2.32 bits per heavy atom. The average molecular weight is 263 g/mol. The van der Waals surface area contributed by atoms with Crippen LogP contribution in [0.25, 0.3) is 0 Å². The fourth-order valence-electron chi connectivity index (χ4n) is 2.46. The van der Waals surface area contributed by atoms with Crippen LogP contribution in [0.2, 0.25) is 0 Å². The van der Waals surface area contributed by atoms with Gasteiger partial charge in [0.1, 0.15) is 5.82 Å². The fourth-order valence-corrected chi connectivity index (χ4v) is 2.46. The Bertz CT molecular complexity index is 379. The van der Waals surface area contributed by atoms with Gasteiger partial charge in [0.25, 0.3) is 0 Å². The Balaban J connectivity index is 2.02. The molecule has 0 radical (unpaired) electrons. The average Bonchev–Trinajstić information content (AvgIpc) is 2.36. The molecule has 1 aliphatic rings. The lowest BCUT2D eigenvalue weighted by Crippen LogP contribution is -2.41. The van der Waals surface area contributed by atoms with Gasteiger partial charge < -0.3 is 10.4 Å². The molecule has 106 valence electrons. The zero-order chi connectivity index (χ0) is 13.5. The number of hydrogen-bond acceptors (Lipinski definition) is 4. The molecular weight excluding hydrogens is 238 g/mol. The van der Waals surface area contributed by atoms with Gasteiger partial charge in [-0.1, -0.05) is 19.4 Å². The molecule has 0 aliphatic heterocycles. The van der Waals surface area contributed by atoms with Crippen LogP contribution < -0.4 is 5.32 Å². The molecule has 0 bridgehead atoms. The molecular formula is C15H25N3O. The molecule has 1 fully saturated rings. The molecule has 1 heterocycles. The van der Waals surface area contributed by atoms with Crippen LogP contribution in [0.1, 0.15) is 38.2 Å². The van der Waals surface area contributed by atoms with E-state index in [1.807, 2.05) is 12.3 Å². The van der Waals surface area contributed by atoms with Gasteiger partial charge in [-0.25, -0.2) is 4.98 Å². The second kappa shape index (κ2) is 7.46. The summed E-state index contributed by atoms with van der Waals surface area (Å²) >= 11 is 0. The first-order valence-corrected chi connectivity index (χ1v) is 7.37. The van der Waals surface area contributed by atoms with Gasteiger partial charge in [-0.05, 0) is 25.3 Å². The molecule has 2 rings (SSSR count). The van der Waals surface area contributed by atoms with Crippen LogP contribution in [0, 0.1) is 0 Å². The number of hydrogen-bond donors (Lipinski definition) is 2. The van der Waals surface area contributed by atoms with Crippen molar-refractivity contribution in [2.75, 3.05) is 25.0 Å². The molecule has 1 aromatic heterocycles. The van der Waals surface area contributed by atoms with Crippen LogP contribution in [-0.2, 0) is 6.54 Å². The summed E-state index contributed by atoms with van der Waals surface area (Å²) in [5.74, 6) is 0.992. The summed E-state index contributed by atoms with van der Waals surface area (Å²) in [4.78, 5) is 6.82. The largest absolute Gasteiger partial charge is 0.395 e. The summed E-state index contributed by atoms with van der Waals surface area (Å²) in [5, 5.41) is 12.6. The standard InChI is InChI=1S/C15H25N3O/c1-2-8-16-15-13(5-4-9-17-15)12-18(10-11-19)14-6-3-7-14/h4-5,9,14,19H,2-3,6-8,10-12H2,1H3,(H,16,17). The summed E-state index contributed by atoms with van der Waals surface area (Å²) in [7, 11) is 0. The predicted molar refractivity (Wildman–Crippen MR) is 78.2 cm³/mol. The van der Waals surface area contributed by atoms with Gasteiger partial charge in [0, 0.05) is 37.4 Å². The van der Waals surface area contributed by atoms with Gasteiger partial charge in [-0.15, -0.1) is 0 Å². The molecule has 2 N–H and O–H groups in total. The van der Waals surface area contributed by atoms with Crippen LogP contribution in [0.4, 0.5) is 5.82 Å². The number of aliphatic hydroxyl groups excluding tert-OH is 1. The summed E-state index contributed by atoms with van der Waals surface area (Å²) in [6, 6.07) is 4.77. The maximum Gasteiger partial charge on any atom is 0.130 e. The van der Waals surface area contributed by atoms with Crippen LogP contribution in [-0.4, -0.2) is 40.7 Å². The molecule has 0 unspecified atom stereocenters. The molecule has 0 saturated heterocycles. The lowest BCUT2D eigenvalue weighted by molar-refractivity contribution is 0.0946. The van der Waals surface area contributed by atoms with E-state index in [1.165, 1.54) is 24.8 Å². The highest BCUT2D eigenvalue weighted by Crippen LogP contribution is 2.27. The normalized spacial score (nSPS) is 15.5. The summed E-state index contributed by atoms with van der Waals surface area (Å²) in [6.45, 7) is 4.97. The minimum absolute atomic E-state index is 0.231. The number of aromatic nitrogens is 1. The summed E-state index contributed by atoms with van der Waals surface area (Å²) < 4.78 is 0. The number of aliphatic hydroxyl groups is 1. The van der Waals surface area contributed by atoms with Crippen LogP contribution in [0.15, 0.2) is 18.3 Å². The van der Waals surface area contributed by atoms with Crippen molar-refractivity contribution in [3.8, 4) is 0 Å². The molecule has 19 heavy (non-hydrogen) atoms. The number of anilines is 1. The fraction of sp³-hybridized carbons (Fsp3) is 0.667. The zero-order valence-electron chi connectivity index (χ0n) is 11.8. The minimum Gasteiger partial charge on any atom is -0.395 e. The van der Waals surface area contributed by atoms with E-state index in [4.69, 9.17) is 0 Å². The highest BCUT2D eigenvalue weighted by atomic mass is 16.3. The first-order valence-electron chi connectivity index (χ1n) is 7.37. The quantitative estimate of drug-likeness (QED) is 0.755. The smallest absolute Gasteiger partial charge is 0.130 e. The lowest BCUT2D eigenvalue weighted by Gasteiger charge is -2.37. The number of nitrogens with zero attached hydrogens (tertiary/aromatic N) is 2. The van der Waals surface area contributed by atoms with Gasteiger partial charge >= 0.3 is 0 Å². The Labute approximate surface area is 115 Å². The molecule has 4 heteroatoms. The third-order valence-corrected chi connectivity index (χ3v) is 3.79. The van der Waals surface area contributed by atoms with Crippen molar-refractivity contribution in [1.82, 2.24) is 9.88 Å². The van der Waals surface area contributed by atoms with E-state index < -0.39 is 0 Å². The molecule has 1 aliphatic carbocycles. The predicted octanol–water partition coefficient (Wildman–Crippen LogP) is 2.25. The summed E-state index contributed by atoms with van der Waals surface area (Å²) in [5.41, 5.74) is 1.23. The number of pyridine rings is 1. The molecule has 0 aromatic carbocycles.